The maximum absolute atomic E-state index is 11.2. The van der Waals surface area contributed by atoms with Crippen molar-refractivity contribution in [3.63, 3.8) is 0 Å². The third-order valence-corrected chi connectivity index (χ3v) is 2.21. The first-order valence-corrected chi connectivity index (χ1v) is 5.37. The number of rotatable bonds is 6. The van der Waals surface area contributed by atoms with Crippen LogP contribution in [0.1, 0.15) is 36.2 Å². The Morgan fingerprint density at radius 2 is 2.18 bits per heavy atom. The summed E-state index contributed by atoms with van der Waals surface area (Å²) in [7, 11) is 0. The van der Waals surface area contributed by atoms with Gasteiger partial charge in [0.25, 0.3) is 0 Å². The minimum absolute atomic E-state index is 0.105. The van der Waals surface area contributed by atoms with Crippen LogP contribution >= 0.6 is 0 Å². The van der Waals surface area contributed by atoms with E-state index in [9.17, 15) is 9.59 Å². The molecule has 17 heavy (non-hydrogen) atoms. The number of nitrogens with one attached hydrogen (secondary N) is 2. The summed E-state index contributed by atoms with van der Waals surface area (Å²) in [4.78, 5) is 21.8. The molecule has 1 amide bonds. The molecule has 0 aromatic carbocycles. The molecule has 0 radical (unpaired) electrons. The monoisotopic (exact) mass is 240 g/mol. The Bertz CT molecular complexity index is 400. The molecule has 0 aliphatic rings. The summed E-state index contributed by atoms with van der Waals surface area (Å²) in [5, 5.41) is 14.3. The van der Waals surface area contributed by atoms with Crippen LogP contribution in [0.4, 0.5) is 0 Å². The number of carbonyl (C=O) groups excluding carboxylic acids is 1. The SMILES string of the molecule is CCNC(=O)CNC(C)c1ccc(C(=O)O)o1. The Morgan fingerprint density at radius 3 is 2.71 bits per heavy atom. The Kier molecular flexibility index (Phi) is 4.71. The summed E-state index contributed by atoms with van der Waals surface area (Å²) in [6, 6.07) is 2.76. The van der Waals surface area contributed by atoms with Crippen molar-refractivity contribution >= 4 is 11.9 Å². The van der Waals surface area contributed by atoms with Crippen molar-refractivity contribution in [3.05, 3.63) is 23.7 Å². The van der Waals surface area contributed by atoms with Crippen LogP contribution in [0.3, 0.4) is 0 Å². The number of hydrogen-bond acceptors (Lipinski definition) is 4. The van der Waals surface area contributed by atoms with Crippen molar-refractivity contribution in [2.75, 3.05) is 13.1 Å². The number of aromatic carboxylic acids is 1. The van der Waals surface area contributed by atoms with E-state index in [0.717, 1.165) is 0 Å². The highest BCUT2D eigenvalue weighted by Gasteiger charge is 2.14. The van der Waals surface area contributed by atoms with Gasteiger partial charge in [0, 0.05) is 6.54 Å². The van der Waals surface area contributed by atoms with E-state index >= 15 is 0 Å². The minimum atomic E-state index is -1.10. The Morgan fingerprint density at radius 1 is 1.47 bits per heavy atom. The summed E-state index contributed by atoms with van der Waals surface area (Å²) in [6.45, 7) is 4.38. The van der Waals surface area contributed by atoms with E-state index in [4.69, 9.17) is 9.52 Å². The van der Waals surface area contributed by atoms with Gasteiger partial charge in [-0.05, 0) is 26.0 Å². The van der Waals surface area contributed by atoms with Crippen LogP contribution in [0.25, 0.3) is 0 Å². The molecule has 0 aliphatic carbocycles. The summed E-state index contributed by atoms with van der Waals surface area (Å²) in [5.41, 5.74) is 0. The average molecular weight is 240 g/mol. The highest BCUT2D eigenvalue weighted by atomic mass is 16.4. The number of likely N-dealkylation sites (N-methyl/N-ethyl adjacent to an activating group) is 1. The predicted octanol–water partition coefficient (Wildman–Crippen LogP) is 0.764. The lowest BCUT2D eigenvalue weighted by Crippen LogP contribution is -2.34. The zero-order chi connectivity index (χ0) is 12.8. The van der Waals surface area contributed by atoms with Gasteiger partial charge in [-0.1, -0.05) is 0 Å². The van der Waals surface area contributed by atoms with Gasteiger partial charge in [-0.25, -0.2) is 4.79 Å². The topological polar surface area (TPSA) is 91.6 Å². The number of hydrogen-bond donors (Lipinski definition) is 3. The average Bonchev–Trinajstić information content (AvgIpc) is 2.75. The van der Waals surface area contributed by atoms with Crippen molar-refractivity contribution in [1.82, 2.24) is 10.6 Å². The summed E-state index contributed by atoms with van der Waals surface area (Å²) in [6.07, 6.45) is 0. The molecular formula is C11H16N2O4. The van der Waals surface area contributed by atoms with Gasteiger partial charge >= 0.3 is 5.97 Å². The van der Waals surface area contributed by atoms with Crippen LogP contribution in [0.2, 0.25) is 0 Å². The fourth-order valence-corrected chi connectivity index (χ4v) is 1.31. The quantitative estimate of drug-likeness (QED) is 0.683. The second-order valence-corrected chi connectivity index (χ2v) is 3.56. The van der Waals surface area contributed by atoms with Gasteiger partial charge in [0.2, 0.25) is 11.7 Å². The molecule has 1 rings (SSSR count). The third-order valence-electron chi connectivity index (χ3n) is 2.21. The van der Waals surface area contributed by atoms with Gasteiger partial charge in [-0.3, -0.25) is 10.1 Å². The highest BCUT2D eigenvalue weighted by molar-refractivity contribution is 5.84. The minimum Gasteiger partial charge on any atom is -0.475 e. The van der Waals surface area contributed by atoms with Crippen LogP contribution in [0.5, 0.6) is 0 Å². The number of furan rings is 1. The van der Waals surface area contributed by atoms with E-state index in [1.54, 1.807) is 13.0 Å². The zero-order valence-electron chi connectivity index (χ0n) is 9.82. The van der Waals surface area contributed by atoms with Gasteiger partial charge in [0.1, 0.15) is 5.76 Å². The number of carboxylic acid groups (broad SMARTS) is 1. The molecular weight excluding hydrogens is 224 g/mol. The van der Waals surface area contributed by atoms with Crippen molar-refractivity contribution in [1.29, 1.82) is 0 Å². The van der Waals surface area contributed by atoms with Crippen LogP contribution in [-0.4, -0.2) is 30.1 Å². The molecule has 0 spiro atoms. The molecule has 0 saturated heterocycles. The van der Waals surface area contributed by atoms with Gasteiger partial charge in [-0.15, -0.1) is 0 Å². The number of carboxylic acids is 1. The lowest BCUT2D eigenvalue weighted by atomic mass is 10.2. The fraction of sp³-hybridized carbons (Fsp3) is 0.455. The summed E-state index contributed by atoms with van der Waals surface area (Å²) in [5.74, 6) is -0.824. The van der Waals surface area contributed by atoms with E-state index in [1.807, 2.05) is 6.92 Å². The Labute approximate surface area is 99.0 Å². The Hall–Kier alpha value is -1.82. The predicted molar refractivity (Wildman–Crippen MR) is 60.8 cm³/mol. The first kappa shape index (κ1) is 13.2. The molecule has 0 bridgehead atoms. The van der Waals surface area contributed by atoms with E-state index in [0.29, 0.717) is 12.3 Å². The number of carbonyl (C=O) groups is 2. The van der Waals surface area contributed by atoms with Gasteiger partial charge < -0.3 is 14.8 Å². The van der Waals surface area contributed by atoms with Gasteiger partial charge in [0.05, 0.1) is 12.6 Å². The first-order valence-electron chi connectivity index (χ1n) is 5.37. The van der Waals surface area contributed by atoms with Crippen LogP contribution in [-0.2, 0) is 4.79 Å². The molecule has 1 aromatic rings. The normalized spacial score (nSPS) is 12.1. The van der Waals surface area contributed by atoms with Crippen molar-refractivity contribution in [2.45, 2.75) is 19.9 Å². The van der Waals surface area contributed by atoms with Crippen LogP contribution in [0.15, 0.2) is 16.5 Å². The van der Waals surface area contributed by atoms with E-state index in [-0.39, 0.29) is 24.3 Å². The summed E-state index contributed by atoms with van der Waals surface area (Å²) < 4.78 is 5.11. The lowest BCUT2D eigenvalue weighted by molar-refractivity contribution is -0.120. The second kappa shape index (κ2) is 6.05. The molecule has 94 valence electrons. The largest absolute Gasteiger partial charge is 0.475 e. The third kappa shape index (κ3) is 3.92. The molecule has 1 unspecified atom stereocenters. The fourth-order valence-electron chi connectivity index (χ4n) is 1.31. The van der Waals surface area contributed by atoms with Crippen molar-refractivity contribution < 1.29 is 19.1 Å². The van der Waals surface area contributed by atoms with Crippen molar-refractivity contribution in [3.8, 4) is 0 Å². The van der Waals surface area contributed by atoms with Crippen molar-refractivity contribution in [2.24, 2.45) is 0 Å². The van der Waals surface area contributed by atoms with Crippen LogP contribution in [0, 0.1) is 0 Å². The van der Waals surface area contributed by atoms with Crippen LogP contribution < -0.4 is 10.6 Å². The molecule has 3 N–H and O–H groups in total. The van der Waals surface area contributed by atoms with E-state index in [1.165, 1.54) is 6.07 Å². The first-order chi connectivity index (χ1) is 8.04. The zero-order valence-corrected chi connectivity index (χ0v) is 9.82. The smallest absolute Gasteiger partial charge is 0.371 e. The molecule has 1 heterocycles. The molecule has 0 saturated carbocycles. The maximum atomic E-state index is 11.2. The highest BCUT2D eigenvalue weighted by Crippen LogP contribution is 2.15. The molecule has 1 atom stereocenters. The van der Waals surface area contributed by atoms with E-state index < -0.39 is 5.97 Å². The molecule has 0 fully saturated rings. The summed E-state index contributed by atoms with van der Waals surface area (Å²) >= 11 is 0. The molecule has 6 nitrogen and oxygen atoms in total. The van der Waals surface area contributed by atoms with Gasteiger partial charge in [-0.2, -0.15) is 0 Å². The number of amides is 1. The molecule has 0 aliphatic heterocycles. The Balaban J connectivity index is 2.49. The standard InChI is InChI=1S/C11H16N2O4/c1-3-12-10(14)6-13-7(2)8-4-5-9(17-8)11(15)16/h4-5,7,13H,3,6H2,1-2H3,(H,12,14)(H,15,16). The molecule has 1 aromatic heterocycles. The lowest BCUT2D eigenvalue weighted by Gasteiger charge is -2.10. The van der Waals surface area contributed by atoms with Gasteiger partial charge in [0.15, 0.2) is 0 Å². The second-order valence-electron chi connectivity index (χ2n) is 3.56. The molecule has 6 heteroatoms. The van der Waals surface area contributed by atoms with E-state index in [2.05, 4.69) is 10.6 Å². The maximum Gasteiger partial charge on any atom is 0.371 e.